The molecule has 106 valence electrons. The van der Waals surface area contributed by atoms with E-state index in [4.69, 9.17) is 9.15 Å². The van der Waals surface area contributed by atoms with Crippen molar-refractivity contribution in [1.29, 1.82) is 0 Å². The maximum absolute atomic E-state index is 11.7. The zero-order chi connectivity index (χ0) is 14.5. The number of nitrogens with zero attached hydrogens (tertiary/aromatic N) is 2. The lowest BCUT2D eigenvalue weighted by atomic mass is 10.1. The van der Waals surface area contributed by atoms with Gasteiger partial charge < -0.3 is 14.5 Å². The van der Waals surface area contributed by atoms with Crippen LogP contribution in [0.4, 0.5) is 0 Å². The van der Waals surface area contributed by atoms with Gasteiger partial charge in [0.1, 0.15) is 5.75 Å². The molecule has 0 bridgehead atoms. The Labute approximate surface area is 117 Å². The number of carbonyl (C=O) groups is 1. The quantitative estimate of drug-likeness (QED) is 0.900. The molecule has 1 aromatic carbocycles. The van der Waals surface area contributed by atoms with E-state index in [1.54, 1.807) is 7.11 Å². The SMILES string of the molecule is COc1ccccc1Cc1nnc(C(=O)NC(C)C)o1. The van der Waals surface area contributed by atoms with E-state index in [-0.39, 0.29) is 17.8 Å². The lowest BCUT2D eigenvalue weighted by molar-refractivity contribution is 0.0906. The molecule has 0 aliphatic carbocycles. The highest BCUT2D eigenvalue weighted by atomic mass is 16.5. The number of amides is 1. The summed E-state index contributed by atoms with van der Waals surface area (Å²) < 4.78 is 10.6. The summed E-state index contributed by atoms with van der Waals surface area (Å²) in [4.78, 5) is 11.7. The van der Waals surface area contributed by atoms with Crippen LogP contribution in [0, 0.1) is 0 Å². The lowest BCUT2D eigenvalue weighted by Gasteiger charge is -2.05. The first-order valence-electron chi connectivity index (χ1n) is 6.35. The Balaban J connectivity index is 2.11. The van der Waals surface area contributed by atoms with Crippen molar-refractivity contribution in [2.75, 3.05) is 7.11 Å². The Morgan fingerprint density at radius 3 is 2.80 bits per heavy atom. The van der Waals surface area contributed by atoms with Crippen LogP contribution in [0.15, 0.2) is 28.7 Å². The van der Waals surface area contributed by atoms with Gasteiger partial charge in [0.15, 0.2) is 0 Å². The summed E-state index contributed by atoms with van der Waals surface area (Å²) in [5.41, 5.74) is 0.925. The van der Waals surface area contributed by atoms with Crippen molar-refractivity contribution in [3.05, 3.63) is 41.6 Å². The summed E-state index contributed by atoms with van der Waals surface area (Å²) in [6.45, 7) is 3.73. The first-order chi connectivity index (χ1) is 9.60. The molecule has 0 unspecified atom stereocenters. The van der Waals surface area contributed by atoms with Gasteiger partial charge in [-0.3, -0.25) is 4.79 Å². The molecular weight excluding hydrogens is 258 g/mol. The molecule has 1 aromatic heterocycles. The highest BCUT2D eigenvalue weighted by Gasteiger charge is 2.16. The lowest BCUT2D eigenvalue weighted by Crippen LogP contribution is -2.30. The predicted octanol–water partition coefficient (Wildman–Crippen LogP) is 1.81. The molecule has 1 N–H and O–H groups in total. The summed E-state index contributed by atoms with van der Waals surface area (Å²) in [5.74, 6) is 0.740. The third-order valence-corrected chi connectivity index (χ3v) is 2.62. The molecule has 0 saturated carbocycles. The van der Waals surface area contributed by atoms with Crippen molar-refractivity contribution in [3.8, 4) is 5.75 Å². The highest BCUT2D eigenvalue weighted by molar-refractivity contribution is 5.89. The number of ether oxygens (including phenoxy) is 1. The van der Waals surface area contributed by atoms with E-state index in [1.165, 1.54) is 0 Å². The highest BCUT2D eigenvalue weighted by Crippen LogP contribution is 2.20. The van der Waals surface area contributed by atoms with Crippen molar-refractivity contribution in [2.45, 2.75) is 26.3 Å². The second-order valence-corrected chi connectivity index (χ2v) is 4.62. The van der Waals surface area contributed by atoms with Crippen LogP contribution in [0.2, 0.25) is 0 Å². The van der Waals surface area contributed by atoms with Gasteiger partial charge in [0.2, 0.25) is 5.89 Å². The molecule has 0 atom stereocenters. The van der Waals surface area contributed by atoms with Crippen LogP contribution in [-0.2, 0) is 6.42 Å². The number of hydrogen-bond acceptors (Lipinski definition) is 5. The zero-order valence-corrected chi connectivity index (χ0v) is 11.7. The van der Waals surface area contributed by atoms with E-state index in [2.05, 4.69) is 15.5 Å². The number of para-hydroxylation sites is 1. The molecule has 0 radical (unpaired) electrons. The average Bonchev–Trinajstić information content (AvgIpc) is 2.87. The van der Waals surface area contributed by atoms with Gasteiger partial charge in [0.25, 0.3) is 0 Å². The Morgan fingerprint density at radius 2 is 2.10 bits per heavy atom. The molecule has 6 nitrogen and oxygen atoms in total. The summed E-state index contributed by atoms with van der Waals surface area (Å²) in [7, 11) is 1.61. The summed E-state index contributed by atoms with van der Waals surface area (Å²) >= 11 is 0. The zero-order valence-electron chi connectivity index (χ0n) is 11.7. The van der Waals surface area contributed by atoms with Crippen molar-refractivity contribution < 1.29 is 13.9 Å². The summed E-state index contributed by atoms with van der Waals surface area (Å²) in [6.07, 6.45) is 0.423. The van der Waals surface area contributed by atoms with Gasteiger partial charge in [-0.25, -0.2) is 0 Å². The van der Waals surface area contributed by atoms with Crippen LogP contribution in [0.5, 0.6) is 5.75 Å². The molecule has 0 aliphatic heterocycles. The van der Waals surface area contributed by atoms with Gasteiger partial charge in [-0.15, -0.1) is 10.2 Å². The van der Waals surface area contributed by atoms with E-state index in [0.717, 1.165) is 11.3 Å². The van der Waals surface area contributed by atoms with Crippen LogP contribution >= 0.6 is 0 Å². The molecule has 20 heavy (non-hydrogen) atoms. The van der Waals surface area contributed by atoms with Crippen LogP contribution in [-0.4, -0.2) is 29.3 Å². The van der Waals surface area contributed by atoms with Crippen LogP contribution in [0.25, 0.3) is 0 Å². The molecule has 0 saturated heterocycles. The van der Waals surface area contributed by atoms with Crippen molar-refractivity contribution in [1.82, 2.24) is 15.5 Å². The topological polar surface area (TPSA) is 77.2 Å². The maximum Gasteiger partial charge on any atom is 0.309 e. The first kappa shape index (κ1) is 14.0. The Bertz CT molecular complexity index is 593. The molecule has 0 fully saturated rings. The van der Waals surface area contributed by atoms with Crippen LogP contribution in [0.1, 0.15) is 36.0 Å². The maximum atomic E-state index is 11.7. The Morgan fingerprint density at radius 1 is 1.35 bits per heavy atom. The minimum absolute atomic E-state index is 0.0204. The third-order valence-electron chi connectivity index (χ3n) is 2.62. The molecule has 0 aliphatic rings. The predicted molar refractivity (Wildman–Crippen MR) is 72.7 cm³/mol. The fourth-order valence-electron chi connectivity index (χ4n) is 1.75. The van der Waals surface area contributed by atoms with Gasteiger partial charge in [-0.2, -0.15) is 0 Å². The first-order valence-corrected chi connectivity index (χ1v) is 6.35. The largest absolute Gasteiger partial charge is 0.496 e. The normalized spacial score (nSPS) is 10.6. The van der Waals surface area contributed by atoms with E-state index in [1.807, 2.05) is 38.1 Å². The second kappa shape index (κ2) is 6.18. The Kier molecular flexibility index (Phi) is 4.34. The molecule has 2 aromatic rings. The number of hydrogen-bond donors (Lipinski definition) is 1. The fourth-order valence-corrected chi connectivity index (χ4v) is 1.75. The van der Waals surface area contributed by atoms with Gasteiger partial charge in [-0.1, -0.05) is 18.2 Å². The number of benzene rings is 1. The standard InChI is InChI=1S/C14H17N3O3/c1-9(2)15-13(18)14-17-16-12(20-14)8-10-6-4-5-7-11(10)19-3/h4-7,9H,8H2,1-3H3,(H,15,18). The summed E-state index contributed by atoms with van der Waals surface area (Å²) in [6, 6.07) is 7.58. The molecule has 0 spiro atoms. The molecule has 1 heterocycles. The number of methoxy groups -OCH3 is 1. The minimum Gasteiger partial charge on any atom is -0.496 e. The van der Waals surface area contributed by atoms with Crippen LogP contribution in [0.3, 0.4) is 0 Å². The Hall–Kier alpha value is -2.37. The molecule has 2 rings (SSSR count). The van der Waals surface area contributed by atoms with Gasteiger partial charge in [-0.05, 0) is 19.9 Å². The molecule has 1 amide bonds. The van der Waals surface area contributed by atoms with E-state index in [0.29, 0.717) is 12.3 Å². The van der Waals surface area contributed by atoms with Gasteiger partial charge in [0.05, 0.1) is 13.5 Å². The van der Waals surface area contributed by atoms with Crippen molar-refractivity contribution >= 4 is 5.91 Å². The van der Waals surface area contributed by atoms with Gasteiger partial charge in [0, 0.05) is 11.6 Å². The number of carbonyl (C=O) groups excluding carboxylic acids is 1. The number of nitrogens with one attached hydrogen (secondary N) is 1. The minimum atomic E-state index is -0.362. The molecular formula is C14H17N3O3. The monoisotopic (exact) mass is 275 g/mol. The number of rotatable bonds is 5. The van der Waals surface area contributed by atoms with E-state index in [9.17, 15) is 4.79 Å². The van der Waals surface area contributed by atoms with Crippen LogP contribution < -0.4 is 10.1 Å². The molecule has 6 heteroatoms. The number of aromatic nitrogens is 2. The third kappa shape index (κ3) is 3.34. The smallest absolute Gasteiger partial charge is 0.309 e. The fraction of sp³-hybridized carbons (Fsp3) is 0.357. The van der Waals surface area contributed by atoms with E-state index >= 15 is 0 Å². The average molecular weight is 275 g/mol. The van der Waals surface area contributed by atoms with Gasteiger partial charge >= 0.3 is 11.8 Å². The van der Waals surface area contributed by atoms with Crippen molar-refractivity contribution in [3.63, 3.8) is 0 Å². The summed E-state index contributed by atoms with van der Waals surface area (Å²) in [5, 5.41) is 10.3. The van der Waals surface area contributed by atoms with E-state index < -0.39 is 0 Å². The second-order valence-electron chi connectivity index (χ2n) is 4.62. The van der Waals surface area contributed by atoms with Crippen molar-refractivity contribution in [2.24, 2.45) is 0 Å².